The Morgan fingerprint density at radius 2 is 1.50 bits per heavy atom. The first-order valence-corrected chi connectivity index (χ1v) is 5.79. The summed E-state index contributed by atoms with van der Waals surface area (Å²) in [5.74, 6) is 0. The van der Waals surface area contributed by atoms with Gasteiger partial charge in [-0.25, -0.2) is 0 Å². The van der Waals surface area contributed by atoms with Crippen LogP contribution >= 0.6 is 0 Å². The van der Waals surface area contributed by atoms with E-state index in [0.717, 1.165) is 6.42 Å². The van der Waals surface area contributed by atoms with Gasteiger partial charge in [0.25, 0.3) is 0 Å². The van der Waals surface area contributed by atoms with Gasteiger partial charge in [0.05, 0.1) is 0 Å². The molecule has 0 aliphatic rings. The molecule has 0 fully saturated rings. The van der Waals surface area contributed by atoms with E-state index >= 15 is 0 Å². The van der Waals surface area contributed by atoms with Crippen LogP contribution in [0.15, 0.2) is 0 Å². The van der Waals surface area contributed by atoms with Gasteiger partial charge in [0.1, 0.15) is 0 Å². The van der Waals surface area contributed by atoms with Crippen LogP contribution in [0.4, 0.5) is 0 Å². The van der Waals surface area contributed by atoms with Crippen molar-refractivity contribution in [2.45, 2.75) is 58.9 Å². The molecule has 0 aromatic carbocycles. The smallest absolute Gasteiger partial charge is 0.342 e. The van der Waals surface area contributed by atoms with Crippen molar-refractivity contribution in [3.8, 4) is 0 Å². The monoisotopic (exact) mass is 191 g/mol. The second-order valence-electron chi connectivity index (χ2n) is 3.88. The predicted molar refractivity (Wildman–Crippen MR) is 60.8 cm³/mol. The summed E-state index contributed by atoms with van der Waals surface area (Å²) >= 11 is 0. The summed E-state index contributed by atoms with van der Waals surface area (Å²) in [6.07, 6.45) is 6.29. The van der Waals surface area contributed by atoms with E-state index in [-0.39, 0.29) is 18.9 Å². The summed E-state index contributed by atoms with van der Waals surface area (Å²) < 4.78 is 0. The second kappa shape index (κ2) is 11.6. The van der Waals surface area contributed by atoms with Crippen LogP contribution in [0.5, 0.6) is 0 Å². The topological polar surface area (TPSA) is 3.24 Å². The molecule has 0 heterocycles. The van der Waals surface area contributed by atoms with E-state index < -0.39 is 0 Å². The Bertz CT molecular complexity index is 98.5. The molecule has 0 aliphatic heterocycles. The van der Waals surface area contributed by atoms with Crippen molar-refractivity contribution in [3.05, 3.63) is 6.92 Å². The summed E-state index contributed by atoms with van der Waals surface area (Å²) in [6, 6.07) is 0.665. The zero-order valence-electron chi connectivity index (χ0n) is 10.7. The van der Waals surface area contributed by atoms with E-state index in [0.29, 0.717) is 6.04 Å². The first-order chi connectivity index (χ1) is 6.26. The second-order valence-corrected chi connectivity index (χ2v) is 3.88. The number of rotatable bonds is 8. The van der Waals surface area contributed by atoms with Gasteiger partial charge < -0.3 is 11.8 Å². The van der Waals surface area contributed by atoms with Crippen LogP contribution in [-0.4, -0.2) is 24.0 Å². The zero-order valence-corrected chi connectivity index (χ0v) is 10.7. The summed E-state index contributed by atoms with van der Waals surface area (Å²) in [7, 11) is 0. The van der Waals surface area contributed by atoms with Gasteiger partial charge in [-0.1, -0.05) is 33.6 Å². The third-order valence-electron chi connectivity index (χ3n) is 2.64. The Balaban J connectivity index is 0. The number of hydrogen-bond acceptors (Lipinski definition) is 1. The fourth-order valence-corrected chi connectivity index (χ4v) is 1.46. The Morgan fingerprint density at radius 3 is 1.79 bits per heavy atom. The van der Waals surface area contributed by atoms with E-state index in [1.165, 1.54) is 38.8 Å². The van der Waals surface area contributed by atoms with Crippen molar-refractivity contribution >= 4 is 0 Å². The summed E-state index contributed by atoms with van der Waals surface area (Å²) in [6.45, 7) is 13.3. The summed E-state index contributed by atoms with van der Waals surface area (Å²) in [5, 5.41) is 0. The maximum atomic E-state index is 3.98. The molecule has 0 aromatic rings. The normalized spacial score (nSPS) is 12.6. The standard InChI is InChI=1S/C12H26N.Li/c1-5-8-10-13(11-9-6-2)12(4)7-3;/h12H,3,5-11H2,1-2,4H3;/q-1;+1. The SMILES string of the molecule is [CH2-]CC(C)N(CCCC)CCCC.[Li+]. The minimum Gasteiger partial charge on any atom is -0.342 e. The predicted octanol–water partition coefficient (Wildman–Crippen LogP) is 0.505. The Morgan fingerprint density at radius 1 is 1.07 bits per heavy atom. The molecule has 0 rings (SSSR count). The molecule has 1 unspecified atom stereocenters. The van der Waals surface area contributed by atoms with Gasteiger partial charge in [0.15, 0.2) is 0 Å². The van der Waals surface area contributed by atoms with Crippen LogP contribution in [0, 0.1) is 6.92 Å². The molecule has 0 aliphatic carbocycles. The first-order valence-electron chi connectivity index (χ1n) is 5.79. The maximum absolute atomic E-state index is 3.98. The van der Waals surface area contributed by atoms with Crippen molar-refractivity contribution in [2.75, 3.05) is 13.1 Å². The third-order valence-corrected chi connectivity index (χ3v) is 2.64. The molecule has 0 spiro atoms. The molecular weight excluding hydrogens is 165 g/mol. The quantitative estimate of drug-likeness (QED) is 0.399. The summed E-state index contributed by atoms with van der Waals surface area (Å²) in [4.78, 5) is 2.58. The molecule has 0 N–H and O–H groups in total. The van der Waals surface area contributed by atoms with Gasteiger partial charge in [-0.05, 0) is 32.0 Å². The molecule has 0 amide bonds. The molecule has 2 heteroatoms. The van der Waals surface area contributed by atoms with Crippen molar-refractivity contribution in [1.29, 1.82) is 0 Å². The molecular formula is C12H26LiN. The van der Waals surface area contributed by atoms with Crippen LogP contribution in [0.2, 0.25) is 0 Å². The van der Waals surface area contributed by atoms with Crippen molar-refractivity contribution in [2.24, 2.45) is 0 Å². The average Bonchev–Trinajstić information content (AvgIpc) is 2.17. The molecule has 0 saturated carbocycles. The minimum atomic E-state index is 0. The van der Waals surface area contributed by atoms with Crippen LogP contribution in [-0.2, 0) is 0 Å². The molecule has 1 atom stereocenters. The molecule has 0 bridgehead atoms. The van der Waals surface area contributed by atoms with Crippen molar-refractivity contribution in [1.82, 2.24) is 4.90 Å². The Hall–Kier alpha value is 0.557. The third kappa shape index (κ3) is 7.92. The Labute approximate surface area is 103 Å². The number of hydrogen-bond donors (Lipinski definition) is 0. The fraction of sp³-hybridized carbons (Fsp3) is 0.917. The molecule has 14 heavy (non-hydrogen) atoms. The van der Waals surface area contributed by atoms with Crippen LogP contribution in [0.1, 0.15) is 52.9 Å². The van der Waals surface area contributed by atoms with Gasteiger partial charge in [0.2, 0.25) is 0 Å². The molecule has 0 saturated heterocycles. The van der Waals surface area contributed by atoms with E-state index in [1.807, 2.05) is 0 Å². The zero-order chi connectivity index (χ0) is 10.1. The van der Waals surface area contributed by atoms with Gasteiger partial charge in [-0.2, -0.15) is 6.42 Å². The molecule has 80 valence electrons. The number of nitrogens with zero attached hydrogens (tertiary/aromatic N) is 1. The fourth-order valence-electron chi connectivity index (χ4n) is 1.46. The first kappa shape index (κ1) is 17.0. The van der Waals surface area contributed by atoms with Crippen molar-refractivity contribution < 1.29 is 18.9 Å². The van der Waals surface area contributed by atoms with Crippen LogP contribution in [0.3, 0.4) is 0 Å². The van der Waals surface area contributed by atoms with Gasteiger partial charge in [-0.15, -0.1) is 0 Å². The maximum Gasteiger partial charge on any atom is 1.00 e. The van der Waals surface area contributed by atoms with Crippen molar-refractivity contribution in [3.63, 3.8) is 0 Å². The molecule has 0 aromatic heterocycles. The summed E-state index contributed by atoms with van der Waals surface area (Å²) in [5.41, 5.74) is 0. The van der Waals surface area contributed by atoms with Gasteiger partial charge in [-0.3, -0.25) is 0 Å². The average molecular weight is 191 g/mol. The Kier molecular flexibility index (Phi) is 14.1. The van der Waals surface area contributed by atoms with Gasteiger partial charge in [0, 0.05) is 0 Å². The van der Waals surface area contributed by atoms with E-state index in [4.69, 9.17) is 0 Å². The van der Waals surface area contributed by atoms with Gasteiger partial charge >= 0.3 is 18.9 Å². The minimum absolute atomic E-state index is 0. The van der Waals surface area contributed by atoms with E-state index in [1.54, 1.807) is 0 Å². The molecule has 0 radical (unpaired) electrons. The van der Waals surface area contributed by atoms with Crippen LogP contribution < -0.4 is 18.9 Å². The number of unbranched alkanes of at least 4 members (excludes halogenated alkanes) is 2. The molecule has 1 nitrogen and oxygen atoms in total. The van der Waals surface area contributed by atoms with E-state index in [2.05, 4.69) is 32.6 Å². The van der Waals surface area contributed by atoms with Crippen LogP contribution in [0.25, 0.3) is 0 Å². The van der Waals surface area contributed by atoms with E-state index in [9.17, 15) is 0 Å². The largest absolute Gasteiger partial charge is 1.00 e.